The van der Waals surface area contributed by atoms with Gasteiger partial charge in [-0.05, 0) is 36.6 Å². The number of aliphatic hydroxyl groups excluding tert-OH is 1. The maximum absolute atomic E-state index is 13.3. The van der Waals surface area contributed by atoms with Crippen LogP contribution in [0.15, 0.2) is 12.1 Å². The third kappa shape index (κ3) is 2.68. The lowest BCUT2D eigenvalue weighted by Gasteiger charge is -2.11. The van der Waals surface area contributed by atoms with Gasteiger partial charge in [-0.1, -0.05) is 0 Å². The van der Waals surface area contributed by atoms with E-state index in [1.54, 1.807) is 0 Å². The quantitative estimate of drug-likeness (QED) is 0.763. The predicted octanol–water partition coefficient (Wildman–Crippen LogP) is 2.69. The molecule has 0 aliphatic rings. The van der Waals surface area contributed by atoms with Crippen LogP contribution in [0.5, 0.6) is 0 Å². The molecule has 0 saturated heterocycles. The van der Waals surface area contributed by atoms with Crippen LogP contribution in [0.1, 0.15) is 16.7 Å². The minimum atomic E-state index is -4.48. The van der Waals surface area contributed by atoms with Gasteiger partial charge in [-0.15, -0.1) is 0 Å². The molecule has 0 heterocycles. The number of halogens is 4. The molecule has 0 amide bonds. The van der Waals surface area contributed by atoms with Gasteiger partial charge in [0.15, 0.2) is 0 Å². The largest absolute Gasteiger partial charge is 0.416 e. The lowest BCUT2D eigenvalue weighted by molar-refractivity contribution is -0.137. The summed E-state index contributed by atoms with van der Waals surface area (Å²) >= 11 is 0. The van der Waals surface area contributed by atoms with E-state index in [0.717, 1.165) is 12.1 Å². The highest BCUT2D eigenvalue weighted by atomic mass is 19.4. The Labute approximate surface area is 84.3 Å². The topological polar surface area (TPSA) is 20.2 Å². The van der Waals surface area contributed by atoms with Gasteiger partial charge in [-0.25, -0.2) is 4.39 Å². The Morgan fingerprint density at radius 3 is 2.33 bits per heavy atom. The minimum Gasteiger partial charge on any atom is -0.396 e. The molecule has 0 radical (unpaired) electrons. The molecule has 0 bridgehead atoms. The Kier molecular flexibility index (Phi) is 3.34. The van der Waals surface area contributed by atoms with Crippen LogP contribution in [-0.4, -0.2) is 11.7 Å². The van der Waals surface area contributed by atoms with Crippen LogP contribution in [0.4, 0.5) is 17.6 Å². The van der Waals surface area contributed by atoms with E-state index in [2.05, 4.69) is 0 Å². The van der Waals surface area contributed by atoms with Crippen LogP contribution in [0, 0.1) is 12.7 Å². The first kappa shape index (κ1) is 12.0. The van der Waals surface area contributed by atoms with Crippen LogP contribution in [0.3, 0.4) is 0 Å². The summed E-state index contributed by atoms with van der Waals surface area (Å²) in [5.74, 6) is -0.683. The number of alkyl halides is 3. The molecule has 15 heavy (non-hydrogen) atoms. The fraction of sp³-hybridized carbons (Fsp3) is 0.400. The normalized spacial score (nSPS) is 11.9. The molecule has 0 aromatic heterocycles. The zero-order chi connectivity index (χ0) is 11.6. The van der Waals surface area contributed by atoms with Gasteiger partial charge in [0.2, 0.25) is 0 Å². The van der Waals surface area contributed by atoms with Crippen LogP contribution in [0.2, 0.25) is 0 Å². The predicted molar refractivity (Wildman–Crippen MR) is 46.9 cm³/mol. The van der Waals surface area contributed by atoms with E-state index < -0.39 is 17.6 Å². The number of rotatable bonds is 2. The molecule has 0 atom stereocenters. The highest BCUT2D eigenvalue weighted by molar-refractivity contribution is 5.33. The Hall–Kier alpha value is -1.10. The molecule has 1 aromatic carbocycles. The van der Waals surface area contributed by atoms with Gasteiger partial charge >= 0.3 is 6.18 Å². The molecule has 0 aliphatic heterocycles. The SMILES string of the molecule is Cc1cc(C(F)(F)F)cc(CCO)c1F. The van der Waals surface area contributed by atoms with Crippen molar-refractivity contribution in [2.24, 2.45) is 0 Å². The first-order valence-corrected chi connectivity index (χ1v) is 4.33. The molecule has 0 unspecified atom stereocenters. The monoisotopic (exact) mass is 222 g/mol. The van der Waals surface area contributed by atoms with Gasteiger partial charge in [0.05, 0.1) is 5.56 Å². The second-order valence-corrected chi connectivity index (χ2v) is 3.24. The minimum absolute atomic E-state index is 0.0618. The van der Waals surface area contributed by atoms with E-state index in [4.69, 9.17) is 5.11 Å². The van der Waals surface area contributed by atoms with E-state index in [0.29, 0.717) is 0 Å². The number of hydrogen-bond donors (Lipinski definition) is 1. The van der Waals surface area contributed by atoms with Gasteiger partial charge in [-0.2, -0.15) is 13.2 Å². The van der Waals surface area contributed by atoms with Gasteiger partial charge in [0.1, 0.15) is 5.82 Å². The van der Waals surface area contributed by atoms with Crippen LogP contribution in [-0.2, 0) is 12.6 Å². The maximum atomic E-state index is 13.3. The molecule has 5 heteroatoms. The summed E-state index contributed by atoms with van der Waals surface area (Å²) in [7, 11) is 0. The lowest BCUT2D eigenvalue weighted by Crippen LogP contribution is -2.08. The summed E-state index contributed by atoms with van der Waals surface area (Å²) < 4.78 is 50.3. The molecule has 0 saturated carbocycles. The first-order chi connectivity index (χ1) is 6.86. The van der Waals surface area contributed by atoms with E-state index in [1.165, 1.54) is 6.92 Å². The molecule has 0 aliphatic carbocycles. The standard InChI is InChI=1S/C10H10F4O/c1-6-4-8(10(12,13)14)5-7(2-3-15)9(6)11/h4-5,15H,2-3H2,1H3. The van der Waals surface area contributed by atoms with E-state index in [-0.39, 0.29) is 24.2 Å². The van der Waals surface area contributed by atoms with Crippen molar-refractivity contribution in [2.45, 2.75) is 19.5 Å². The number of aliphatic hydroxyl groups is 1. The molecule has 0 spiro atoms. The average Bonchev–Trinajstić information content (AvgIpc) is 2.11. The zero-order valence-corrected chi connectivity index (χ0v) is 8.03. The Morgan fingerprint density at radius 2 is 1.87 bits per heavy atom. The summed E-state index contributed by atoms with van der Waals surface area (Å²) in [6, 6.07) is 1.49. The van der Waals surface area contributed by atoms with Gasteiger partial charge < -0.3 is 5.11 Å². The van der Waals surface area contributed by atoms with Crippen molar-refractivity contribution in [1.29, 1.82) is 0 Å². The summed E-state index contributed by atoms with van der Waals surface area (Å²) in [5.41, 5.74) is -1.05. The third-order valence-corrected chi connectivity index (χ3v) is 2.04. The van der Waals surface area contributed by atoms with E-state index in [9.17, 15) is 17.6 Å². The average molecular weight is 222 g/mol. The molecular weight excluding hydrogens is 212 g/mol. The fourth-order valence-electron chi connectivity index (χ4n) is 1.31. The molecule has 84 valence electrons. The Bertz CT molecular complexity index is 357. The van der Waals surface area contributed by atoms with Crippen LogP contribution < -0.4 is 0 Å². The Balaban J connectivity index is 3.23. The first-order valence-electron chi connectivity index (χ1n) is 4.33. The zero-order valence-electron chi connectivity index (χ0n) is 8.03. The summed E-state index contributed by atoms with van der Waals surface area (Å²) in [5, 5.41) is 8.58. The Morgan fingerprint density at radius 1 is 1.27 bits per heavy atom. The van der Waals surface area contributed by atoms with E-state index >= 15 is 0 Å². The fourth-order valence-corrected chi connectivity index (χ4v) is 1.31. The molecule has 1 N–H and O–H groups in total. The summed E-state index contributed by atoms with van der Waals surface area (Å²) in [4.78, 5) is 0. The lowest BCUT2D eigenvalue weighted by atomic mass is 10.0. The van der Waals surface area contributed by atoms with Gasteiger partial charge in [0.25, 0.3) is 0 Å². The van der Waals surface area contributed by atoms with Crippen molar-refractivity contribution >= 4 is 0 Å². The number of aryl methyl sites for hydroxylation is 1. The molecule has 1 rings (SSSR count). The van der Waals surface area contributed by atoms with Crippen molar-refractivity contribution in [3.63, 3.8) is 0 Å². The number of benzene rings is 1. The number of hydrogen-bond acceptors (Lipinski definition) is 1. The van der Waals surface area contributed by atoms with Crippen molar-refractivity contribution in [3.8, 4) is 0 Å². The molecule has 1 aromatic rings. The van der Waals surface area contributed by atoms with Gasteiger partial charge in [0, 0.05) is 6.61 Å². The van der Waals surface area contributed by atoms with Gasteiger partial charge in [-0.3, -0.25) is 0 Å². The highest BCUT2D eigenvalue weighted by Crippen LogP contribution is 2.31. The maximum Gasteiger partial charge on any atom is 0.416 e. The molecule has 1 nitrogen and oxygen atoms in total. The second kappa shape index (κ2) is 4.18. The van der Waals surface area contributed by atoms with Crippen molar-refractivity contribution in [3.05, 3.63) is 34.6 Å². The van der Waals surface area contributed by atoms with Crippen LogP contribution >= 0.6 is 0 Å². The van der Waals surface area contributed by atoms with E-state index in [1.807, 2.05) is 0 Å². The summed E-state index contributed by atoms with van der Waals surface area (Å²) in [6.45, 7) is 0.892. The van der Waals surface area contributed by atoms with Crippen LogP contribution in [0.25, 0.3) is 0 Å². The second-order valence-electron chi connectivity index (χ2n) is 3.24. The third-order valence-electron chi connectivity index (χ3n) is 2.04. The van der Waals surface area contributed by atoms with Crippen molar-refractivity contribution in [2.75, 3.05) is 6.61 Å². The van der Waals surface area contributed by atoms with Crippen molar-refractivity contribution < 1.29 is 22.7 Å². The van der Waals surface area contributed by atoms with Crippen molar-refractivity contribution in [1.82, 2.24) is 0 Å². The highest BCUT2D eigenvalue weighted by Gasteiger charge is 2.31. The summed E-state index contributed by atoms with van der Waals surface area (Å²) in [6.07, 6.45) is -4.60. The molecule has 0 fully saturated rings. The molecular formula is C10H10F4O. The smallest absolute Gasteiger partial charge is 0.396 e.